The Kier molecular flexibility index (Phi) is 59.1. The van der Waals surface area contributed by atoms with Gasteiger partial charge in [-0.15, -0.1) is 0 Å². The Morgan fingerprint density at radius 2 is 0.713 bits per heavy atom. The predicted molar refractivity (Wildman–Crippen MR) is 342 cm³/mol. The van der Waals surface area contributed by atoms with Gasteiger partial charge >= 0.3 is 11.9 Å². The normalized spacial score (nSPS) is 13.6. The summed E-state index contributed by atoms with van der Waals surface area (Å²) in [5, 5.41) is 0. The van der Waals surface area contributed by atoms with Gasteiger partial charge in [-0.2, -0.15) is 0 Å². The van der Waals surface area contributed by atoms with Gasteiger partial charge in [0, 0.05) is 12.8 Å². The van der Waals surface area contributed by atoms with E-state index in [2.05, 4.69) is 86.8 Å². The number of carbonyl (C=O) groups excluding carboxylic acids is 2. The minimum atomic E-state index is -4.64. The number of hydrogen-bond acceptors (Lipinski definition) is 8. The molecule has 0 radical (unpaired) electrons. The highest BCUT2D eigenvalue weighted by Gasteiger charge is 2.22. The maximum atomic E-state index is 12.8. The van der Waals surface area contributed by atoms with Crippen molar-refractivity contribution >= 4 is 19.8 Å². The van der Waals surface area contributed by atoms with E-state index in [1.54, 1.807) is 0 Å². The van der Waals surface area contributed by atoms with Gasteiger partial charge in [0.25, 0.3) is 7.82 Å². The molecule has 0 bridgehead atoms. The number of likely N-dealkylation sites (N-methyl/N-ethyl adjacent to an activating group) is 1. The molecule has 80 heavy (non-hydrogen) atoms. The number of esters is 2. The first-order valence-corrected chi connectivity index (χ1v) is 35.1. The van der Waals surface area contributed by atoms with Crippen molar-refractivity contribution in [3.8, 4) is 0 Å². The van der Waals surface area contributed by atoms with Crippen LogP contribution < -0.4 is 4.89 Å². The summed E-state index contributed by atoms with van der Waals surface area (Å²) >= 11 is 0. The van der Waals surface area contributed by atoms with Crippen LogP contribution in [0.2, 0.25) is 0 Å². The average Bonchev–Trinajstić information content (AvgIpc) is 3.42. The third-order valence-electron chi connectivity index (χ3n) is 14.7. The highest BCUT2D eigenvalue weighted by Crippen LogP contribution is 2.38. The molecule has 2 unspecified atom stereocenters. The average molecular weight is 1140 g/mol. The number of quaternary nitrogens is 1. The number of phosphoric ester groups is 1. The van der Waals surface area contributed by atoms with E-state index in [1.165, 1.54) is 205 Å². The van der Waals surface area contributed by atoms with Crippen molar-refractivity contribution in [3.63, 3.8) is 0 Å². The van der Waals surface area contributed by atoms with Crippen LogP contribution in [0.25, 0.3) is 0 Å². The first-order chi connectivity index (χ1) is 39.0. The van der Waals surface area contributed by atoms with Crippen LogP contribution in [0.1, 0.15) is 309 Å². The van der Waals surface area contributed by atoms with E-state index in [0.717, 1.165) is 70.6 Å². The molecule has 0 saturated carbocycles. The highest BCUT2D eigenvalue weighted by atomic mass is 31.2. The third-order valence-corrected chi connectivity index (χ3v) is 15.7. The lowest BCUT2D eigenvalue weighted by molar-refractivity contribution is -0.870. The number of nitrogens with zero attached hydrogens (tertiary/aromatic N) is 1. The van der Waals surface area contributed by atoms with E-state index >= 15 is 0 Å². The molecule has 2 atom stereocenters. The van der Waals surface area contributed by atoms with Crippen LogP contribution in [0.5, 0.6) is 0 Å². The zero-order valence-electron chi connectivity index (χ0n) is 53.0. The Bertz CT molecular complexity index is 1580. The molecule has 0 saturated heterocycles. The molecule has 0 amide bonds. The van der Waals surface area contributed by atoms with Crippen molar-refractivity contribution in [2.45, 2.75) is 315 Å². The van der Waals surface area contributed by atoms with E-state index < -0.39 is 26.5 Å². The molecular weight excluding hydrogens is 1010 g/mol. The fourth-order valence-electron chi connectivity index (χ4n) is 9.56. The molecule has 0 aromatic heterocycles. The summed E-state index contributed by atoms with van der Waals surface area (Å²) in [6, 6.07) is 0. The zero-order chi connectivity index (χ0) is 58.4. The molecular formula is C70H128NO8P. The number of hydrogen-bond donors (Lipinski definition) is 0. The highest BCUT2D eigenvalue weighted by molar-refractivity contribution is 7.45. The van der Waals surface area contributed by atoms with Crippen molar-refractivity contribution in [1.29, 1.82) is 0 Å². The van der Waals surface area contributed by atoms with Gasteiger partial charge in [0.05, 0.1) is 27.7 Å². The number of rotatable bonds is 62. The van der Waals surface area contributed by atoms with Gasteiger partial charge in [0.2, 0.25) is 0 Å². The molecule has 0 aliphatic heterocycles. The number of phosphoric acid groups is 1. The van der Waals surface area contributed by atoms with Crippen LogP contribution in [0.4, 0.5) is 0 Å². The van der Waals surface area contributed by atoms with Crippen LogP contribution in [0, 0.1) is 0 Å². The van der Waals surface area contributed by atoms with Crippen molar-refractivity contribution in [3.05, 3.63) is 72.9 Å². The van der Waals surface area contributed by atoms with Crippen molar-refractivity contribution in [1.82, 2.24) is 0 Å². The molecule has 9 nitrogen and oxygen atoms in total. The maximum absolute atomic E-state index is 12.8. The van der Waals surface area contributed by atoms with Gasteiger partial charge in [-0.05, 0) is 83.5 Å². The SMILES string of the molecule is CC/C=C\C/C=C\C/C=C\C/C=C\CCCCCCCCCCCCCCCCC(=O)OC(COC(=O)CCCCCCCCCCCCCCCCCCC/C=C\C/C=C\CCCCCCC)COP(=O)([O-])OCC[N+](C)(C)C. The van der Waals surface area contributed by atoms with Crippen molar-refractivity contribution in [2.24, 2.45) is 0 Å². The number of carbonyl (C=O) groups is 2. The molecule has 0 aliphatic rings. The zero-order valence-corrected chi connectivity index (χ0v) is 53.9. The lowest BCUT2D eigenvalue weighted by atomic mass is 10.0. The molecule has 0 spiro atoms. The van der Waals surface area contributed by atoms with Gasteiger partial charge in [-0.3, -0.25) is 14.2 Å². The molecule has 10 heteroatoms. The van der Waals surface area contributed by atoms with Gasteiger partial charge < -0.3 is 27.9 Å². The molecule has 466 valence electrons. The quantitative estimate of drug-likeness (QED) is 0.0195. The molecule has 0 rings (SSSR count). The Morgan fingerprint density at radius 3 is 1.06 bits per heavy atom. The number of ether oxygens (including phenoxy) is 2. The summed E-state index contributed by atoms with van der Waals surface area (Å²) in [4.78, 5) is 38.0. The third kappa shape index (κ3) is 64.6. The first-order valence-electron chi connectivity index (χ1n) is 33.6. The van der Waals surface area contributed by atoms with Gasteiger partial charge in [0.15, 0.2) is 6.10 Å². The van der Waals surface area contributed by atoms with E-state index in [4.69, 9.17) is 18.5 Å². The lowest BCUT2D eigenvalue weighted by Crippen LogP contribution is -2.37. The molecule has 0 N–H and O–H groups in total. The maximum Gasteiger partial charge on any atom is 0.306 e. The minimum absolute atomic E-state index is 0.0315. The van der Waals surface area contributed by atoms with E-state index in [1.807, 2.05) is 21.1 Å². The van der Waals surface area contributed by atoms with Gasteiger partial charge in [-0.25, -0.2) is 0 Å². The number of allylic oxidation sites excluding steroid dienone is 12. The van der Waals surface area contributed by atoms with Gasteiger partial charge in [0.1, 0.15) is 19.8 Å². The summed E-state index contributed by atoms with van der Waals surface area (Å²) < 4.78 is 34.3. The second kappa shape index (κ2) is 61.0. The summed E-state index contributed by atoms with van der Waals surface area (Å²) in [6.45, 7) is 4.16. The molecule has 0 fully saturated rings. The van der Waals surface area contributed by atoms with Crippen LogP contribution in [0.3, 0.4) is 0 Å². The first kappa shape index (κ1) is 77.5. The Hall–Kier alpha value is -2.55. The Balaban J connectivity index is 4.05. The predicted octanol–water partition coefficient (Wildman–Crippen LogP) is 21.0. The Labute approximate surface area is 495 Å². The van der Waals surface area contributed by atoms with Crippen molar-refractivity contribution < 1.29 is 42.1 Å². The minimum Gasteiger partial charge on any atom is -0.756 e. The molecule has 0 aliphatic carbocycles. The summed E-state index contributed by atoms with van der Waals surface area (Å²) in [7, 11) is 1.17. The fraction of sp³-hybridized carbons (Fsp3) is 0.800. The standard InChI is InChI=1S/C70H128NO8P/c1-6-8-10-12-14-16-18-20-22-24-26-28-30-32-34-35-37-38-40-42-44-46-48-50-52-54-56-58-60-62-69(72)76-66-68(67-78-80(74,75)77-65-64-71(3,4)5)79-70(73)63-61-59-57-55-53-51-49-47-45-43-41-39-36-33-31-29-27-25-23-21-19-17-15-13-11-9-7-2/h9,11,15,17-18,20-21,23-24,26-27,29,68H,6-8,10,12-14,16,19,22,25,28,30-67H2,1-5H3/b11-9-,17-15-,20-18-,23-21-,26-24-,29-27-. The second-order valence-corrected chi connectivity index (χ2v) is 25.2. The van der Waals surface area contributed by atoms with Crippen LogP contribution in [-0.4, -0.2) is 70.0 Å². The topological polar surface area (TPSA) is 111 Å². The largest absolute Gasteiger partial charge is 0.756 e. The van der Waals surface area contributed by atoms with Gasteiger partial charge in [-0.1, -0.05) is 286 Å². The summed E-state index contributed by atoms with van der Waals surface area (Å²) in [6.07, 6.45) is 81.1. The lowest BCUT2D eigenvalue weighted by Gasteiger charge is -2.28. The smallest absolute Gasteiger partial charge is 0.306 e. The fourth-order valence-corrected chi connectivity index (χ4v) is 10.3. The van der Waals surface area contributed by atoms with E-state index in [0.29, 0.717) is 17.4 Å². The molecule has 0 aromatic carbocycles. The van der Waals surface area contributed by atoms with Crippen LogP contribution >= 0.6 is 7.82 Å². The second-order valence-electron chi connectivity index (χ2n) is 23.8. The summed E-state index contributed by atoms with van der Waals surface area (Å²) in [5.74, 6) is -0.823. The summed E-state index contributed by atoms with van der Waals surface area (Å²) in [5.41, 5.74) is 0. The molecule has 0 heterocycles. The van der Waals surface area contributed by atoms with Crippen LogP contribution in [-0.2, 0) is 32.7 Å². The van der Waals surface area contributed by atoms with Crippen molar-refractivity contribution in [2.75, 3.05) is 47.5 Å². The Morgan fingerprint density at radius 1 is 0.400 bits per heavy atom. The van der Waals surface area contributed by atoms with E-state index in [-0.39, 0.29) is 32.0 Å². The monoisotopic (exact) mass is 1140 g/mol. The van der Waals surface area contributed by atoms with E-state index in [9.17, 15) is 19.0 Å². The van der Waals surface area contributed by atoms with Crippen LogP contribution in [0.15, 0.2) is 72.9 Å². The number of unbranched alkanes of at least 4 members (excludes halogenated alkanes) is 36. The molecule has 0 aromatic rings.